The predicted octanol–water partition coefficient (Wildman–Crippen LogP) is 3.51. The van der Waals surface area contributed by atoms with E-state index >= 15 is 0 Å². The maximum atomic E-state index is 13.8. The Hall–Kier alpha value is -1.09. The Morgan fingerprint density at radius 2 is 2.06 bits per heavy atom. The molecule has 3 heteroatoms. The summed E-state index contributed by atoms with van der Waals surface area (Å²) in [6.07, 6.45) is 2.78. The molecule has 1 saturated heterocycles. The van der Waals surface area contributed by atoms with E-state index in [1.165, 1.54) is 12.5 Å². The third kappa shape index (κ3) is 2.66. The van der Waals surface area contributed by atoms with Crippen LogP contribution >= 0.6 is 0 Å². The van der Waals surface area contributed by atoms with Crippen molar-refractivity contribution in [2.45, 2.75) is 39.2 Å². The van der Waals surface area contributed by atoms with Crippen molar-refractivity contribution in [1.29, 1.82) is 0 Å². The minimum atomic E-state index is -0.759. The molecule has 1 aromatic rings. The van der Waals surface area contributed by atoms with Gasteiger partial charge in [0.1, 0.15) is 5.82 Å². The summed E-state index contributed by atoms with van der Waals surface area (Å²) in [6.45, 7) is 5.77. The van der Waals surface area contributed by atoms with Crippen molar-refractivity contribution in [3.8, 4) is 0 Å². The number of anilines is 1. The van der Waals surface area contributed by atoms with Crippen LogP contribution < -0.4 is 4.90 Å². The lowest BCUT2D eigenvalue weighted by Crippen LogP contribution is -2.34. The lowest BCUT2D eigenvalue weighted by molar-refractivity contribution is 0.194. The van der Waals surface area contributed by atoms with Gasteiger partial charge in [-0.05, 0) is 37.8 Å². The third-order valence-electron chi connectivity index (χ3n) is 3.98. The van der Waals surface area contributed by atoms with E-state index in [4.69, 9.17) is 0 Å². The highest BCUT2D eigenvalue weighted by Gasteiger charge is 2.22. The Labute approximate surface area is 108 Å². The number of rotatable bonds is 3. The minimum absolute atomic E-state index is 0.305. The van der Waals surface area contributed by atoms with Gasteiger partial charge >= 0.3 is 0 Å². The summed E-state index contributed by atoms with van der Waals surface area (Å²) in [5.74, 6) is 0.491. The van der Waals surface area contributed by atoms with Crippen molar-refractivity contribution < 1.29 is 9.50 Å². The van der Waals surface area contributed by atoms with Crippen molar-refractivity contribution in [1.82, 2.24) is 0 Å². The minimum Gasteiger partial charge on any atom is -0.389 e. The summed E-state index contributed by atoms with van der Waals surface area (Å²) in [7, 11) is 0. The van der Waals surface area contributed by atoms with Crippen molar-refractivity contribution in [3.05, 3.63) is 29.6 Å². The molecule has 0 saturated carbocycles. The normalized spacial score (nSPS) is 19.0. The van der Waals surface area contributed by atoms with E-state index in [-0.39, 0.29) is 5.82 Å². The van der Waals surface area contributed by atoms with E-state index in [1.807, 2.05) is 6.07 Å². The second-order valence-electron chi connectivity index (χ2n) is 5.19. The van der Waals surface area contributed by atoms with Gasteiger partial charge in [0.05, 0.1) is 6.10 Å². The molecule has 0 amide bonds. The maximum absolute atomic E-state index is 13.8. The van der Waals surface area contributed by atoms with Crippen molar-refractivity contribution in [2.75, 3.05) is 18.0 Å². The van der Waals surface area contributed by atoms with Crippen molar-refractivity contribution in [2.24, 2.45) is 5.92 Å². The average Bonchev–Trinajstić information content (AvgIpc) is 2.38. The van der Waals surface area contributed by atoms with Gasteiger partial charge in [0.25, 0.3) is 0 Å². The number of hydrogen-bond donors (Lipinski definition) is 1. The van der Waals surface area contributed by atoms with Crippen LogP contribution in [0.15, 0.2) is 18.2 Å². The fourth-order valence-corrected chi connectivity index (χ4v) is 2.80. The summed E-state index contributed by atoms with van der Waals surface area (Å²) in [6, 6.07) is 5.06. The largest absolute Gasteiger partial charge is 0.389 e. The van der Waals surface area contributed by atoms with Gasteiger partial charge in [-0.25, -0.2) is 4.39 Å². The zero-order chi connectivity index (χ0) is 13.1. The standard InChI is InChI=1S/C15H22FNO/c1-3-12-7-9-17(10-8-12)14-6-4-5-13(16)15(14)11(2)18/h4-6,11-12,18H,3,7-10H2,1-2H3. The van der Waals surface area contributed by atoms with Crippen LogP contribution in [-0.2, 0) is 0 Å². The quantitative estimate of drug-likeness (QED) is 0.888. The second-order valence-corrected chi connectivity index (χ2v) is 5.19. The highest BCUT2D eigenvalue weighted by atomic mass is 19.1. The molecule has 0 radical (unpaired) electrons. The molecule has 100 valence electrons. The number of benzene rings is 1. The van der Waals surface area contributed by atoms with E-state index in [0.717, 1.165) is 37.5 Å². The van der Waals surface area contributed by atoms with Gasteiger partial charge < -0.3 is 10.0 Å². The van der Waals surface area contributed by atoms with Crippen molar-refractivity contribution >= 4 is 5.69 Å². The van der Waals surface area contributed by atoms with E-state index in [0.29, 0.717) is 5.56 Å². The van der Waals surface area contributed by atoms with Crippen molar-refractivity contribution in [3.63, 3.8) is 0 Å². The van der Waals surface area contributed by atoms with Crippen LogP contribution in [0.3, 0.4) is 0 Å². The molecule has 1 unspecified atom stereocenters. The Kier molecular flexibility index (Phi) is 4.23. The van der Waals surface area contributed by atoms with Gasteiger partial charge in [-0.1, -0.05) is 19.4 Å². The van der Waals surface area contributed by atoms with Crippen LogP contribution in [0.5, 0.6) is 0 Å². The Balaban J connectivity index is 2.21. The smallest absolute Gasteiger partial charge is 0.131 e. The number of aliphatic hydroxyl groups is 1. The molecule has 0 aliphatic carbocycles. The molecule has 1 fully saturated rings. The van der Waals surface area contributed by atoms with E-state index in [1.54, 1.807) is 13.0 Å². The summed E-state index contributed by atoms with van der Waals surface area (Å²) >= 11 is 0. The monoisotopic (exact) mass is 251 g/mol. The van der Waals surface area contributed by atoms with Crippen LogP contribution in [0.25, 0.3) is 0 Å². The van der Waals surface area contributed by atoms with E-state index in [9.17, 15) is 9.50 Å². The van der Waals surface area contributed by atoms with E-state index in [2.05, 4.69) is 11.8 Å². The van der Waals surface area contributed by atoms with E-state index < -0.39 is 6.10 Å². The van der Waals surface area contributed by atoms with Crippen LogP contribution in [-0.4, -0.2) is 18.2 Å². The SMILES string of the molecule is CCC1CCN(c2cccc(F)c2C(C)O)CC1. The summed E-state index contributed by atoms with van der Waals surface area (Å²) in [5.41, 5.74) is 1.30. The first-order valence-corrected chi connectivity index (χ1v) is 6.85. The second kappa shape index (κ2) is 5.70. The molecule has 1 atom stereocenters. The first kappa shape index (κ1) is 13.3. The lowest BCUT2D eigenvalue weighted by Gasteiger charge is -2.35. The molecule has 1 aliphatic heterocycles. The molecule has 18 heavy (non-hydrogen) atoms. The van der Waals surface area contributed by atoms with Crippen LogP contribution in [0, 0.1) is 11.7 Å². The topological polar surface area (TPSA) is 23.5 Å². The first-order valence-electron chi connectivity index (χ1n) is 6.85. The molecule has 1 N–H and O–H groups in total. The fraction of sp³-hybridized carbons (Fsp3) is 0.600. The summed E-state index contributed by atoms with van der Waals surface area (Å²) in [4.78, 5) is 2.21. The van der Waals surface area contributed by atoms with Gasteiger partial charge in [-0.2, -0.15) is 0 Å². The molecule has 1 aromatic carbocycles. The summed E-state index contributed by atoms with van der Waals surface area (Å²) in [5, 5.41) is 9.75. The van der Waals surface area contributed by atoms with Crippen LogP contribution in [0.2, 0.25) is 0 Å². The number of halogens is 1. The first-order chi connectivity index (χ1) is 8.63. The highest BCUT2D eigenvalue weighted by Crippen LogP contribution is 2.32. The van der Waals surface area contributed by atoms with Gasteiger partial charge in [0.15, 0.2) is 0 Å². The third-order valence-corrected chi connectivity index (χ3v) is 3.98. The Morgan fingerprint density at radius 1 is 1.39 bits per heavy atom. The molecule has 1 heterocycles. The molecule has 0 bridgehead atoms. The Bertz CT molecular complexity index is 397. The summed E-state index contributed by atoms with van der Waals surface area (Å²) < 4.78 is 13.8. The molecule has 0 spiro atoms. The van der Waals surface area contributed by atoms with Crippen LogP contribution in [0.4, 0.5) is 10.1 Å². The zero-order valence-corrected chi connectivity index (χ0v) is 11.2. The van der Waals surface area contributed by atoms with Gasteiger partial charge in [-0.15, -0.1) is 0 Å². The number of aliphatic hydroxyl groups excluding tert-OH is 1. The van der Waals surface area contributed by atoms with Gasteiger partial charge in [0, 0.05) is 24.3 Å². The molecule has 0 aromatic heterocycles. The molecule has 2 nitrogen and oxygen atoms in total. The lowest BCUT2D eigenvalue weighted by atomic mass is 9.93. The molecule has 2 rings (SSSR count). The molecule has 1 aliphatic rings. The molecular weight excluding hydrogens is 229 g/mol. The predicted molar refractivity (Wildman–Crippen MR) is 72.3 cm³/mol. The maximum Gasteiger partial charge on any atom is 0.131 e. The number of hydrogen-bond acceptors (Lipinski definition) is 2. The van der Waals surface area contributed by atoms with Crippen LogP contribution in [0.1, 0.15) is 44.8 Å². The number of nitrogens with zero attached hydrogens (tertiary/aromatic N) is 1. The van der Waals surface area contributed by atoms with Gasteiger partial charge in [0.2, 0.25) is 0 Å². The fourth-order valence-electron chi connectivity index (χ4n) is 2.80. The zero-order valence-electron chi connectivity index (χ0n) is 11.2. The Morgan fingerprint density at radius 3 is 2.61 bits per heavy atom. The highest BCUT2D eigenvalue weighted by molar-refractivity contribution is 5.55. The van der Waals surface area contributed by atoms with Gasteiger partial charge in [-0.3, -0.25) is 0 Å². The number of piperidine rings is 1. The molecular formula is C15H22FNO. The average molecular weight is 251 g/mol.